The number of halogens is 2. The molecule has 0 saturated heterocycles. The molecule has 0 aliphatic carbocycles. The zero-order valence-electron chi connectivity index (χ0n) is 13.8. The maximum absolute atomic E-state index is 12.1. The van der Waals surface area contributed by atoms with Gasteiger partial charge in [0.1, 0.15) is 0 Å². The summed E-state index contributed by atoms with van der Waals surface area (Å²) in [5.74, 6) is -1.14. The van der Waals surface area contributed by atoms with Gasteiger partial charge >= 0.3 is 5.97 Å². The summed E-state index contributed by atoms with van der Waals surface area (Å²) < 4.78 is 5.09. The fraction of sp³-hybridized carbons (Fsp3) is 0.158. The van der Waals surface area contributed by atoms with Gasteiger partial charge in [0.25, 0.3) is 5.91 Å². The number of hydrogen-bond acceptors (Lipinski definition) is 3. The number of nitrogens with one attached hydrogen (secondary N) is 1. The molecule has 0 aromatic heterocycles. The molecule has 25 heavy (non-hydrogen) atoms. The fourth-order valence-electron chi connectivity index (χ4n) is 1.95. The molecule has 0 aliphatic rings. The minimum Gasteiger partial charge on any atom is -0.449 e. The van der Waals surface area contributed by atoms with Crippen LogP contribution in [-0.2, 0) is 14.3 Å². The molecule has 1 N–H and O–H groups in total. The molecule has 4 nitrogen and oxygen atoms in total. The minimum absolute atomic E-state index is 0.286. The van der Waals surface area contributed by atoms with E-state index in [1.165, 1.54) is 13.0 Å². The molecule has 2 aromatic rings. The Kier molecular flexibility index (Phi) is 6.62. The maximum Gasteiger partial charge on any atom is 0.331 e. The summed E-state index contributed by atoms with van der Waals surface area (Å²) in [5.41, 5.74) is 2.28. The molecule has 0 saturated carbocycles. The third kappa shape index (κ3) is 5.62. The molecular weight excluding hydrogens is 361 g/mol. The monoisotopic (exact) mass is 377 g/mol. The molecule has 0 spiro atoms. The van der Waals surface area contributed by atoms with Crippen molar-refractivity contribution in [3.8, 4) is 0 Å². The van der Waals surface area contributed by atoms with Crippen molar-refractivity contribution in [2.75, 3.05) is 5.32 Å². The lowest BCUT2D eigenvalue weighted by molar-refractivity contribution is -0.148. The van der Waals surface area contributed by atoms with Gasteiger partial charge in [-0.15, -0.1) is 0 Å². The molecule has 0 heterocycles. The van der Waals surface area contributed by atoms with Gasteiger partial charge in [-0.25, -0.2) is 4.79 Å². The fourth-order valence-corrected chi connectivity index (χ4v) is 2.44. The molecule has 6 heteroatoms. The van der Waals surface area contributed by atoms with Crippen molar-refractivity contribution < 1.29 is 14.3 Å². The van der Waals surface area contributed by atoms with Crippen LogP contribution >= 0.6 is 23.2 Å². The maximum atomic E-state index is 12.1. The van der Waals surface area contributed by atoms with E-state index >= 15 is 0 Å². The summed E-state index contributed by atoms with van der Waals surface area (Å²) >= 11 is 12.0. The van der Waals surface area contributed by atoms with Gasteiger partial charge in [-0.3, -0.25) is 4.79 Å². The number of ether oxygens (including phenoxy) is 1. The van der Waals surface area contributed by atoms with Crippen molar-refractivity contribution in [3.63, 3.8) is 0 Å². The molecule has 1 atom stereocenters. The number of hydrogen-bond donors (Lipinski definition) is 1. The van der Waals surface area contributed by atoms with E-state index in [1.807, 2.05) is 31.2 Å². The van der Waals surface area contributed by atoms with E-state index in [9.17, 15) is 9.59 Å². The lowest BCUT2D eigenvalue weighted by Gasteiger charge is -2.14. The Morgan fingerprint density at radius 1 is 1.08 bits per heavy atom. The van der Waals surface area contributed by atoms with E-state index < -0.39 is 18.0 Å². The third-order valence-electron chi connectivity index (χ3n) is 3.36. The summed E-state index contributed by atoms with van der Waals surface area (Å²) in [5, 5.41) is 3.17. The first-order chi connectivity index (χ1) is 11.9. The van der Waals surface area contributed by atoms with Gasteiger partial charge < -0.3 is 10.1 Å². The Labute approximate surface area is 156 Å². The molecule has 130 valence electrons. The van der Waals surface area contributed by atoms with Crippen LogP contribution in [0, 0.1) is 6.92 Å². The van der Waals surface area contributed by atoms with Crippen molar-refractivity contribution in [1.82, 2.24) is 0 Å². The molecule has 0 fully saturated rings. The summed E-state index contributed by atoms with van der Waals surface area (Å²) in [6.45, 7) is 3.45. The van der Waals surface area contributed by atoms with Gasteiger partial charge in [-0.05, 0) is 37.6 Å². The second kappa shape index (κ2) is 8.70. The van der Waals surface area contributed by atoms with Crippen molar-refractivity contribution in [2.24, 2.45) is 0 Å². The number of rotatable bonds is 5. The van der Waals surface area contributed by atoms with E-state index in [0.717, 1.165) is 11.1 Å². The Morgan fingerprint density at radius 2 is 1.68 bits per heavy atom. The highest BCUT2D eigenvalue weighted by molar-refractivity contribution is 6.39. The number of aryl methyl sites for hydroxylation is 1. The standard InChI is InChI=1S/C19H17Cl2NO3/c1-12-6-8-14(9-7-12)10-11-17(23)25-13(2)19(24)22-18-15(20)4-3-5-16(18)21/h3-11,13H,1-2H3,(H,22,24)/b11-10+/t13-/m1/s1. The van der Waals surface area contributed by atoms with Crippen molar-refractivity contribution in [2.45, 2.75) is 20.0 Å². The molecule has 0 aliphatic heterocycles. The van der Waals surface area contributed by atoms with Crippen LogP contribution in [0.2, 0.25) is 10.0 Å². The van der Waals surface area contributed by atoms with Crippen LogP contribution < -0.4 is 5.32 Å². The first-order valence-corrected chi connectivity index (χ1v) is 8.32. The van der Waals surface area contributed by atoms with Crippen molar-refractivity contribution >= 4 is 46.8 Å². The van der Waals surface area contributed by atoms with E-state index in [2.05, 4.69) is 5.32 Å². The number of carbonyl (C=O) groups is 2. The number of amides is 1. The topological polar surface area (TPSA) is 55.4 Å². The lowest BCUT2D eigenvalue weighted by atomic mass is 10.1. The SMILES string of the molecule is Cc1ccc(/C=C/C(=O)O[C@H](C)C(=O)Nc2c(Cl)cccc2Cl)cc1. The second-order valence-electron chi connectivity index (χ2n) is 5.41. The second-order valence-corrected chi connectivity index (χ2v) is 6.22. The molecule has 2 aromatic carbocycles. The Bertz CT molecular complexity index is 781. The van der Waals surface area contributed by atoms with Crippen molar-refractivity contribution in [1.29, 1.82) is 0 Å². The van der Waals surface area contributed by atoms with Crippen LogP contribution in [0.1, 0.15) is 18.1 Å². The molecule has 0 radical (unpaired) electrons. The number of benzene rings is 2. The van der Waals surface area contributed by atoms with Crippen molar-refractivity contribution in [3.05, 3.63) is 69.7 Å². The van der Waals surface area contributed by atoms with Crippen LogP contribution in [0.4, 0.5) is 5.69 Å². The molecule has 0 unspecified atom stereocenters. The minimum atomic E-state index is -0.998. The molecule has 1 amide bonds. The van der Waals surface area contributed by atoms with E-state index in [1.54, 1.807) is 24.3 Å². The predicted molar refractivity (Wildman–Crippen MR) is 101 cm³/mol. The third-order valence-corrected chi connectivity index (χ3v) is 3.99. The van der Waals surface area contributed by atoms with E-state index in [-0.39, 0.29) is 5.69 Å². The summed E-state index contributed by atoms with van der Waals surface area (Å²) in [6, 6.07) is 12.5. The van der Waals surface area contributed by atoms with Gasteiger partial charge in [0.15, 0.2) is 6.10 Å². The van der Waals surface area contributed by atoms with Crippen LogP contribution in [0.15, 0.2) is 48.5 Å². The smallest absolute Gasteiger partial charge is 0.331 e. The highest BCUT2D eigenvalue weighted by Crippen LogP contribution is 2.29. The zero-order valence-corrected chi connectivity index (χ0v) is 15.3. The number of esters is 1. The Hall–Kier alpha value is -2.30. The van der Waals surface area contributed by atoms with Crippen LogP contribution in [0.25, 0.3) is 6.08 Å². The Balaban J connectivity index is 1.94. The summed E-state index contributed by atoms with van der Waals surface area (Å²) in [4.78, 5) is 24.0. The van der Waals surface area contributed by atoms with Gasteiger partial charge in [-0.1, -0.05) is 59.1 Å². The number of para-hydroxylation sites is 1. The van der Waals surface area contributed by atoms with Gasteiger partial charge in [-0.2, -0.15) is 0 Å². The average Bonchev–Trinajstić information content (AvgIpc) is 2.57. The summed E-state index contributed by atoms with van der Waals surface area (Å²) in [6.07, 6.45) is 1.90. The first kappa shape index (κ1) is 19.0. The molecule has 2 rings (SSSR count). The number of anilines is 1. The quantitative estimate of drug-likeness (QED) is 0.596. The normalized spacial score (nSPS) is 12.0. The lowest BCUT2D eigenvalue weighted by Crippen LogP contribution is -2.29. The molecule has 0 bridgehead atoms. The van der Waals surface area contributed by atoms with Crippen LogP contribution in [0.3, 0.4) is 0 Å². The highest BCUT2D eigenvalue weighted by atomic mass is 35.5. The van der Waals surface area contributed by atoms with Crippen LogP contribution in [0.5, 0.6) is 0 Å². The van der Waals surface area contributed by atoms with E-state index in [4.69, 9.17) is 27.9 Å². The van der Waals surface area contributed by atoms with Gasteiger partial charge in [0, 0.05) is 6.08 Å². The van der Waals surface area contributed by atoms with Gasteiger partial charge in [0.2, 0.25) is 0 Å². The number of carbonyl (C=O) groups excluding carboxylic acids is 2. The predicted octanol–water partition coefficient (Wildman–Crippen LogP) is 4.89. The largest absolute Gasteiger partial charge is 0.449 e. The van der Waals surface area contributed by atoms with Gasteiger partial charge in [0.05, 0.1) is 15.7 Å². The molecular formula is C19H17Cl2NO3. The first-order valence-electron chi connectivity index (χ1n) is 7.57. The summed E-state index contributed by atoms with van der Waals surface area (Å²) in [7, 11) is 0. The Morgan fingerprint density at radius 3 is 2.28 bits per heavy atom. The van der Waals surface area contributed by atoms with Crippen LogP contribution in [-0.4, -0.2) is 18.0 Å². The zero-order chi connectivity index (χ0) is 18.4. The van der Waals surface area contributed by atoms with E-state index in [0.29, 0.717) is 10.0 Å². The average molecular weight is 378 g/mol. The highest BCUT2D eigenvalue weighted by Gasteiger charge is 2.18.